The van der Waals surface area contributed by atoms with Gasteiger partial charge in [-0.15, -0.1) is 0 Å². The van der Waals surface area contributed by atoms with Crippen molar-refractivity contribution in [1.82, 2.24) is 9.97 Å². The van der Waals surface area contributed by atoms with Crippen LogP contribution in [-0.2, 0) is 6.61 Å². The Hall–Kier alpha value is -3.11. The zero-order chi connectivity index (χ0) is 22.5. The number of aromatic nitrogens is 2. The molecule has 0 unspecified atom stereocenters. The number of halogens is 2. The third-order valence-electron chi connectivity index (χ3n) is 4.57. The summed E-state index contributed by atoms with van der Waals surface area (Å²) in [4.78, 5) is 8.21. The van der Waals surface area contributed by atoms with Gasteiger partial charge in [-0.25, -0.2) is 4.98 Å². The lowest BCUT2D eigenvalue weighted by Crippen LogP contribution is -1.98. The highest BCUT2D eigenvalue weighted by molar-refractivity contribution is 8.03. The molecule has 32 heavy (non-hydrogen) atoms. The number of allylic oxidation sites excluding steroid dienone is 1. The number of thioether (sulfide) groups is 1. The lowest BCUT2D eigenvalue weighted by atomic mass is 10.2. The fraction of sp³-hybridized carbons (Fsp3) is 0.0833. The maximum absolute atomic E-state index is 9.60. The Balaban J connectivity index is 1.51. The van der Waals surface area contributed by atoms with Crippen LogP contribution in [-0.4, -0.2) is 17.1 Å². The van der Waals surface area contributed by atoms with Crippen molar-refractivity contribution in [3.8, 4) is 17.6 Å². The first-order chi connectivity index (χ1) is 15.6. The molecule has 1 N–H and O–H groups in total. The number of fused-ring (bicyclic) bond motifs is 1. The minimum atomic E-state index is 0.271. The van der Waals surface area contributed by atoms with Gasteiger partial charge < -0.3 is 14.5 Å². The molecule has 0 saturated heterocycles. The molecule has 0 aliphatic carbocycles. The first kappa shape index (κ1) is 22.1. The Morgan fingerprint density at radius 3 is 2.72 bits per heavy atom. The van der Waals surface area contributed by atoms with Gasteiger partial charge in [-0.05, 0) is 59.8 Å². The second kappa shape index (κ2) is 10.0. The van der Waals surface area contributed by atoms with E-state index in [2.05, 4.69) is 16.0 Å². The van der Waals surface area contributed by atoms with E-state index in [9.17, 15) is 5.26 Å². The lowest BCUT2D eigenvalue weighted by Gasteiger charge is -2.12. The molecule has 3 aromatic carbocycles. The number of nitriles is 1. The molecular weight excluding hydrogens is 465 g/mol. The van der Waals surface area contributed by atoms with Crippen molar-refractivity contribution >= 4 is 52.1 Å². The van der Waals surface area contributed by atoms with Crippen LogP contribution in [0.3, 0.4) is 0 Å². The van der Waals surface area contributed by atoms with Crippen molar-refractivity contribution in [2.24, 2.45) is 0 Å². The first-order valence-corrected chi connectivity index (χ1v) is 11.1. The van der Waals surface area contributed by atoms with Crippen LogP contribution < -0.4 is 9.47 Å². The Morgan fingerprint density at radius 1 is 1.12 bits per heavy atom. The topological polar surface area (TPSA) is 70.9 Å². The Labute approximate surface area is 199 Å². The van der Waals surface area contributed by atoms with E-state index in [1.165, 1.54) is 11.8 Å². The minimum Gasteiger partial charge on any atom is -0.493 e. The van der Waals surface area contributed by atoms with Crippen molar-refractivity contribution < 1.29 is 9.47 Å². The van der Waals surface area contributed by atoms with Gasteiger partial charge in [0.25, 0.3) is 0 Å². The van der Waals surface area contributed by atoms with Gasteiger partial charge in [0.1, 0.15) is 12.7 Å². The van der Waals surface area contributed by atoms with Crippen molar-refractivity contribution in [3.05, 3.63) is 86.7 Å². The van der Waals surface area contributed by atoms with Crippen LogP contribution in [0.2, 0.25) is 10.0 Å². The van der Waals surface area contributed by atoms with Crippen molar-refractivity contribution in [2.75, 3.05) is 7.11 Å². The van der Waals surface area contributed by atoms with E-state index in [0.29, 0.717) is 31.6 Å². The predicted octanol–water partition coefficient (Wildman–Crippen LogP) is 7.11. The standard InChI is InChI=1S/C24H17Cl2N3O2S/c1-30-23-11-15(6-9-22(23)31-14-16-7-8-17(25)12-19(16)26)10-18(13-27)32-24-28-20-4-2-3-5-21(20)29-24/h2-12H,14H2,1H3,(H,28,29)/b18-10+. The molecule has 0 atom stereocenters. The number of nitrogens with one attached hydrogen (secondary N) is 1. The van der Waals surface area contributed by atoms with Gasteiger partial charge in [0, 0.05) is 15.6 Å². The molecule has 0 radical (unpaired) electrons. The van der Waals surface area contributed by atoms with E-state index in [4.69, 9.17) is 32.7 Å². The van der Waals surface area contributed by atoms with Gasteiger partial charge in [-0.3, -0.25) is 0 Å². The van der Waals surface area contributed by atoms with Gasteiger partial charge in [0.2, 0.25) is 0 Å². The molecule has 1 aromatic heterocycles. The molecule has 1 heterocycles. The molecule has 0 saturated carbocycles. The molecule has 0 bridgehead atoms. The largest absolute Gasteiger partial charge is 0.493 e. The highest BCUT2D eigenvalue weighted by atomic mass is 35.5. The Kier molecular flexibility index (Phi) is 6.91. The molecule has 4 aromatic rings. The molecular formula is C24H17Cl2N3O2S. The van der Waals surface area contributed by atoms with Crippen molar-refractivity contribution in [1.29, 1.82) is 5.26 Å². The number of aromatic amines is 1. The fourth-order valence-corrected chi connectivity index (χ4v) is 4.22. The molecule has 0 fully saturated rings. The van der Waals surface area contributed by atoms with Crippen LogP contribution in [0.5, 0.6) is 11.5 Å². The van der Waals surface area contributed by atoms with Gasteiger partial charge in [0.15, 0.2) is 16.7 Å². The van der Waals surface area contributed by atoms with Gasteiger partial charge in [-0.2, -0.15) is 5.26 Å². The summed E-state index contributed by atoms with van der Waals surface area (Å²) in [5.41, 5.74) is 3.41. The zero-order valence-electron chi connectivity index (χ0n) is 16.9. The number of hydrogen-bond donors (Lipinski definition) is 1. The Morgan fingerprint density at radius 2 is 1.97 bits per heavy atom. The average molecular weight is 482 g/mol. The number of H-pyrrole nitrogens is 1. The molecule has 0 spiro atoms. The quantitative estimate of drug-likeness (QED) is 0.224. The van der Waals surface area contributed by atoms with Crippen LogP contribution in [0.1, 0.15) is 11.1 Å². The molecule has 0 aliphatic heterocycles. The van der Waals surface area contributed by atoms with E-state index in [1.54, 1.807) is 31.4 Å². The summed E-state index contributed by atoms with van der Waals surface area (Å²) in [5.74, 6) is 1.12. The normalized spacial score (nSPS) is 11.4. The number of methoxy groups -OCH3 is 1. The first-order valence-electron chi connectivity index (χ1n) is 9.55. The van der Waals surface area contributed by atoms with E-state index in [0.717, 1.165) is 22.2 Å². The number of rotatable bonds is 7. The van der Waals surface area contributed by atoms with E-state index in [-0.39, 0.29) is 6.61 Å². The van der Waals surface area contributed by atoms with Gasteiger partial charge >= 0.3 is 0 Å². The number of ether oxygens (including phenoxy) is 2. The highest BCUT2D eigenvalue weighted by Crippen LogP contribution is 2.33. The molecule has 0 aliphatic rings. The summed E-state index contributed by atoms with van der Waals surface area (Å²) >= 11 is 13.4. The smallest absolute Gasteiger partial charge is 0.171 e. The summed E-state index contributed by atoms with van der Waals surface area (Å²) in [6.07, 6.45) is 1.78. The summed E-state index contributed by atoms with van der Waals surface area (Å²) < 4.78 is 11.4. The van der Waals surface area contributed by atoms with Gasteiger partial charge in [0.05, 0.1) is 23.0 Å². The molecule has 4 rings (SSSR count). The lowest BCUT2D eigenvalue weighted by molar-refractivity contribution is 0.284. The maximum Gasteiger partial charge on any atom is 0.171 e. The maximum atomic E-state index is 9.60. The fourth-order valence-electron chi connectivity index (χ4n) is 3.01. The second-order valence-corrected chi connectivity index (χ2v) is 8.59. The van der Waals surface area contributed by atoms with Crippen molar-refractivity contribution in [3.63, 3.8) is 0 Å². The number of para-hydroxylation sites is 2. The number of nitrogens with zero attached hydrogens (tertiary/aromatic N) is 2. The average Bonchev–Trinajstić information content (AvgIpc) is 3.21. The molecule has 160 valence electrons. The minimum absolute atomic E-state index is 0.271. The van der Waals surface area contributed by atoms with Crippen LogP contribution >= 0.6 is 35.0 Å². The third kappa shape index (κ3) is 5.20. The summed E-state index contributed by atoms with van der Waals surface area (Å²) in [5, 5.41) is 11.4. The van der Waals surface area contributed by atoms with E-state index >= 15 is 0 Å². The predicted molar refractivity (Wildman–Crippen MR) is 129 cm³/mol. The molecule has 5 nitrogen and oxygen atoms in total. The number of imidazole rings is 1. The highest BCUT2D eigenvalue weighted by Gasteiger charge is 2.10. The Bertz CT molecular complexity index is 1310. The van der Waals surface area contributed by atoms with Crippen LogP contribution in [0.15, 0.2) is 70.7 Å². The van der Waals surface area contributed by atoms with Crippen LogP contribution in [0, 0.1) is 11.3 Å². The zero-order valence-corrected chi connectivity index (χ0v) is 19.3. The molecule has 8 heteroatoms. The summed E-state index contributed by atoms with van der Waals surface area (Å²) in [7, 11) is 1.57. The second-order valence-electron chi connectivity index (χ2n) is 6.72. The van der Waals surface area contributed by atoms with Crippen LogP contribution in [0.4, 0.5) is 0 Å². The number of hydrogen-bond acceptors (Lipinski definition) is 5. The van der Waals surface area contributed by atoms with Crippen LogP contribution in [0.25, 0.3) is 17.1 Å². The number of benzene rings is 3. The van der Waals surface area contributed by atoms with E-state index in [1.807, 2.05) is 42.5 Å². The molecule has 0 amide bonds. The van der Waals surface area contributed by atoms with Gasteiger partial charge in [-0.1, -0.05) is 47.5 Å². The SMILES string of the molecule is COc1cc(/C=C(\C#N)Sc2nc3ccccc3[nH]2)ccc1OCc1ccc(Cl)cc1Cl. The monoisotopic (exact) mass is 481 g/mol. The summed E-state index contributed by atoms with van der Waals surface area (Å²) in [6, 6.07) is 20.7. The third-order valence-corrected chi connectivity index (χ3v) is 5.97. The van der Waals surface area contributed by atoms with Crippen molar-refractivity contribution in [2.45, 2.75) is 11.8 Å². The van der Waals surface area contributed by atoms with E-state index < -0.39 is 0 Å². The summed E-state index contributed by atoms with van der Waals surface area (Å²) in [6.45, 7) is 0.271.